The van der Waals surface area contributed by atoms with Crippen LogP contribution >= 0.6 is 11.6 Å². The zero-order valence-corrected chi connectivity index (χ0v) is 14.3. The predicted octanol–water partition coefficient (Wildman–Crippen LogP) is 2.88. The molecule has 1 amide bonds. The van der Waals surface area contributed by atoms with Crippen LogP contribution in [0.25, 0.3) is 0 Å². The van der Waals surface area contributed by atoms with E-state index in [1.54, 1.807) is 0 Å². The van der Waals surface area contributed by atoms with E-state index in [1.807, 2.05) is 45.0 Å². The van der Waals surface area contributed by atoms with Gasteiger partial charge in [0.05, 0.1) is 19.3 Å². The summed E-state index contributed by atoms with van der Waals surface area (Å²) in [5.74, 6) is 0.0535. The summed E-state index contributed by atoms with van der Waals surface area (Å²) in [5.41, 5.74) is 0.663. The highest BCUT2D eigenvalue weighted by Crippen LogP contribution is 2.28. The van der Waals surface area contributed by atoms with Gasteiger partial charge >= 0.3 is 0 Å². The number of nitrogens with zero attached hydrogens (tertiary/aromatic N) is 1. The van der Waals surface area contributed by atoms with E-state index in [9.17, 15) is 4.79 Å². The highest BCUT2D eigenvalue weighted by Gasteiger charge is 2.27. The first-order valence-electron chi connectivity index (χ1n) is 7.74. The van der Waals surface area contributed by atoms with E-state index < -0.39 is 5.41 Å². The van der Waals surface area contributed by atoms with Crippen molar-refractivity contribution in [3.63, 3.8) is 0 Å². The van der Waals surface area contributed by atoms with Gasteiger partial charge in [-0.2, -0.15) is 0 Å². The standard InChI is InChI=1S/C17H25ClN2O2/c1-17(2,3)16(21)19-12-15(20-8-10-22-11-9-20)13-6-4-5-7-14(13)18/h4-7,15H,8-12H2,1-3H3,(H,19,21). The number of nitrogens with one attached hydrogen (secondary N) is 1. The summed E-state index contributed by atoms with van der Waals surface area (Å²) in [5, 5.41) is 3.81. The van der Waals surface area contributed by atoms with E-state index in [-0.39, 0.29) is 11.9 Å². The first-order valence-corrected chi connectivity index (χ1v) is 8.12. The van der Waals surface area contributed by atoms with Crippen molar-refractivity contribution in [2.24, 2.45) is 5.41 Å². The van der Waals surface area contributed by atoms with Crippen LogP contribution in [0.3, 0.4) is 0 Å². The Morgan fingerprint density at radius 2 is 1.95 bits per heavy atom. The second-order valence-corrected chi connectivity index (χ2v) is 7.05. The van der Waals surface area contributed by atoms with Crippen LogP contribution in [0.5, 0.6) is 0 Å². The smallest absolute Gasteiger partial charge is 0.225 e. The Balaban J connectivity index is 2.15. The van der Waals surface area contributed by atoms with Crippen LogP contribution in [0.15, 0.2) is 24.3 Å². The molecule has 1 aromatic carbocycles. The Bertz CT molecular complexity index is 508. The summed E-state index contributed by atoms with van der Waals surface area (Å²) in [4.78, 5) is 14.5. The molecule has 1 N–H and O–H groups in total. The highest BCUT2D eigenvalue weighted by atomic mass is 35.5. The first-order chi connectivity index (χ1) is 10.4. The number of hydrogen-bond donors (Lipinski definition) is 1. The number of hydrogen-bond acceptors (Lipinski definition) is 3. The van der Waals surface area contributed by atoms with Gasteiger partial charge in [-0.15, -0.1) is 0 Å². The van der Waals surface area contributed by atoms with Crippen molar-refractivity contribution in [1.82, 2.24) is 10.2 Å². The lowest BCUT2D eigenvalue weighted by atomic mass is 9.95. The van der Waals surface area contributed by atoms with Crippen molar-refractivity contribution in [2.45, 2.75) is 26.8 Å². The maximum Gasteiger partial charge on any atom is 0.225 e. The molecule has 0 aromatic heterocycles. The fourth-order valence-electron chi connectivity index (χ4n) is 2.52. The average Bonchev–Trinajstić information content (AvgIpc) is 2.49. The topological polar surface area (TPSA) is 41.6 Å². The van der Waals surface area contributed by atoms with Crippen LogP contribution in [0.2, 0.25) is 5.02 Å². The van der Waals surface area contributed by atoms with Crippen molar-refractivity contribution < 1.29 is 9.53 Å². The molecule has 1 atom stereocenters. The molecule has 0 spiro atoms. The van der Waals surface area contributed by atoms with Crippen LogP contribution in [-0.2, 0) is 9.53 Å². The minimum absolute atomic E-state index is 0.0535. The number of halogens is 1. The monoisotopic (exact) mass is 324 g/mol. The molecule has 22 heavy (non-hydrogen) atoms. The molecule has 0 radical (unpaired) electrons. The Hall–Kier alpha value is -1.10. The molecule has 1 saturated heterocycles. The van der Waals surface area contributed by atoms with Gasteiger partial charge in [-0.05, 0) is 11.6 Å². The van der Waals surface area contributed by atoms with Gasteiger partial charge < -0.3 is 10.1 Å². The molecule has 0 saturated carbocycles. The number of ether oxygens (including phenoxy) is 1. The Morgan fingerprint density at radius 1 is 1.32 bits per heavy atom. The van der Waals surface area contributed by atoms with Crippen molar-refractivity contribution in [3.05, 3.63) is 34.9 Å². The SMILES string of the molecule is CC(C)(C)C(=O)NCC(c1ccccc1Cl)N1CCOCC1. The van der Waals surface area contributed by atoms with Crippen molar-refractivity contribution in [1.29, 1.82) is 0 Å². The van der Waals surface area contributed by atoms with Gasteiger partial charge in [-0.1, -0.05) is 50.6 Å². The molecular formula is C17H25ClN2O2. The molecule has 1 heterocycles. The summed E-state index contributed by atoms with van der Waals surface area (Å²) < 4.78 is 5.43. The van der Waals surface area contributed by atoms with E-state index in [0.29, 0.717) is 19.8 Å². The third-order valence-corrected chi connectivity index (χ3v) is 4.23. The van der Waals surface area contributed by atoms with Gasteiger partial charge in [0.2, 0.25) is 5.91 Å². The number of amides is 1. The lowest BCUT2D eigenvalue weighted by Crippen LogP contribution is -2.45. The molecule has 1 fully saturated rings. The van der Waals surface area contributed by atoms with Gasteiger partial charge in [0.1, 0.15) is 0 Å². The number of carbonyl (C=O) groups is 1. The molecule has 1 aromatic rings. The van der Waals surface area contributed by atoms with E-state index in [1.165, 1.54) is 0 Å². The van der Waals surface area contributed by atoms with E-state index in [2.05, 4.69) is 10.2 Å². The lowest BCUT2D eigenvalue weighted by Gasteiger charge is -2.35. The van der Waals surface area contributed by atoms with Crippen LogP contribution in [0.1, 0.15) is 32.4 Å². The third kappa shape index (κ3) is 4.45. The van der Waals surface area contributed by atoms with Crippen LogP contribution in [0, 0.1) is 5.41 Å². The minimum Gasteiger partial charge on any atom is -0.379 e. The largest absolute Gasteiger partial charge is 0.379 e. The number of rotatable bonds is 4. The second-order valence-electron chi connectivity index (χ2n) is 6.65. The molecule has 1 unspecified atom stereocenters. The summed E-state index contributed by atoms with van der Waals surface area (Å²) in [6.45, 7) is 9.44. The Morgan fingerprint density at radius 3 is 2.55 bits per heavy atom. The number of benzene rings is 1. The molecule has 4 nitrogen and oxygen atoms in total. The van der Waals surface area contributed by atoms with Gasteiger partial charge in [-0.25, -0.2) is 0 Å². The third-order valence-electron chi connectivity index (χ3n) is 3.89. The van der Waals surface area contributed by atoms with Gasteiger partial charge in [0.15, 0.2) is 0 Å². The average molecular weight is 325 g/mol. The van der Waals surface area contributed by atoms with Crippen molar-refractivity contribution in [3.8, 4) is 0 Å². The zero-order chi connectivity index (χ0) is 16.2. The maximum absolute atomic E-state index is 12.2. The van der Waals surface area contributed by atoms with Crippen molar-refractivity contribution in [2.75, 3.05) is 32.8 Å². The fraction of sp³-hybridized carbons (Fsp3) is 0.588. The van der Waals surface area contributed by atoms with Crippen LogP contribution in [0.4, 0.5) is 0 Å². The zero-order valence-electron chi connectivity index (χ0n) is 13.6. The number of carbonyl (C=O) groups excluding carboxylic acids is 1. The van der Waals surface area contributed by atoms with E-state index in [4.69, 9.17) is 16.3 Å². The summed E-state index contributed by atoms with van der Waals surface area (Å²) in [6.07, 6.45) is 0. The molecular weight excluding hydrogens is 300 g/mol. The Labute approximate surface area is 137 Å². The quantitative estimate of drug-likeness (QED) is 0.926. The molecule has 0 bridgehead atoms. The predicted molar refractivity (Wildman–Crippen MR) is 89.0 cm³/mol. The number of morpholine rings is 1. The molecule has 1 aliphatic rings. The molecule has 122 valence electrons. The fourth-order valence-corrected chi connectivity index (χ4v) is 2.79. The highest BCUT2D eigenvalue weighted by molar-refractivity contribution is 6.31. The van der Waals surface area contributed by atoms with Gasteiger partial charge in [0, 0.05) is 30.1 Å². The van der Waals surface area contributed by atoms with Crippen molar-refractivity contribution >= 4 is 17.5 Å². The van der Waals surface area contributed by atoms with Crippen LogP contribution < -0.4 is 5.32 Å². The second kappa shape index (κ2) is 7.44. The van der Waals surface area contributed by atoms with Crippen LogP contribution in [-0.4, -0.2) is 43.7 Å². The normalized spacial score (nSPS) is 18.0. The maximum atomic E-state index is 12.2. The van der Waals surface area contributed by atoms with Gasteiger partial charge in [-0.3, -0.25) is 9.69 Å². The lowest BCUT2D eigenvalue weighted by molar-refractivity contribution is -0.128. The van der Waals surface area contributed by atoms with E-state index >= 15 is 0 Å². The molecule has 0 aliphatic carbocycles. The summed E-state index contributed by atoms with van der Waals surface area (Å²) in [6, 6.07) is 7.92. The molecule has 5 heteroatoms. The minimum atomic E-state index is -0.393. The molecule has 1 aliphatic heterocycles. The van der Waals surface area contributed by atoms with E-state index in [0.717, 1.165) is 23.7 Å². The molecule has 2 rings (SSSR count). The summed E-state index contributed by atoms with van der Waals surface area (Å²) >= 11 is 6.37. The van der Waals surface area contributed by atoms with Gasteiger partial charge in [0.25, 0.3) is 0 Å². The Kier molecular flexibility index (Phi) is 5.84. The summed E-state index contributed by atoms with van der Waals surface area (Å²) in [7, 11) is 0. The first kappa shape index (κ1) is 17.3.